The van der Waals surface area contributed by atoms with Gasteiger partial charge in [-0.1, -0.05) is 0 Å². The number of hydrogen-bond donors (Lipinski definition) is 1. The molecule has 6 heteroatoms. The Morgan fingerprint density at radius 1 is 1.60 bits per heavy atom. The topological polar surface area (TPSA) is 78.0 Å². The van der Waals surface area contributed by atoms with Crippen LogP contribution in [0.3, 0.4) is 0 Å². The minimum Gasteiger partial charge on any atom is -0.250 e. The summed E-state index contributed by atoms with van der Waals surface area (Å²) in [6.45, 7) is 3.75. The fourth-order valence-corrected chi connectivity index (χ4v) is 2.58. The number of nitrogens with zero attached hydrogens (tertiary/aromatic N) is 2. The summed E-state index contributed by atoms with van der Waals surface area (Å²) in [5.41, 5.74) is 0.687. The molecule has 1 atom stereocenters. The Morgan fingerprint density at radius 3 is 2.67 bits per heavy atom. The Labute approximate surface area is 89.3 Å². The first kappa shape index (κ1) is 10.6. The van der Waals surface area contributed by atoms with Crippen LogP contribution in [0.25, 0.3) is 0 Å². The van der Waals surface area contributed by atoms with Crippen LogP contribution in [0.1, 0.15) is 31.5 Å². The summed E-state index contributed by atoms with van der Waals surface area (Å²) >= 11 is 0. The van der Waals surface area contributed by atoms with E-state index in [1.54, 1.807) is 11.6 Å². The largest absolute Gasteiger partial charge is 0.255 e. The summed E-state index contributed by atoms with van der Waals surface area (Å²) in [5.74, 6) is 0.546. The van der Waals surface area contributed by atoms with E-state index >= 15 is 0 Å². The molecule has 1 saturated carbocycles. The summed E-state index contributed by atoms with van der Waals surface area (Å²) in [6.07, 6.45) is 2.29. The SMILES string of the molecule is Cc1cc(S(N)(=O)=O)n(C(C)C2CC2)n1. The number of aromatic nitrogens is 2. The Hall–Kier alpha value is -0.880. The molecule has 0 aromatic carbocycles. The summed E-state index contributed by atoms with van der Waals surface area (Å²) < 4.78 is 24.2. The molecule has 0 bridgehead atoms. The average Bonchev–Trinajstić information content (AvgIpc) is 2.86. The predicted molar refractivity (Wildman–Crippen MR) is 55.8 cm³/mol. The minimum absolute atomic E-state index is 0.118. The molecule has 15 heavy (non-hydrogen) atoms. The Kier molecular flexibility index (Phi) is 2.35. The quantitative estimate of drug-likeness (QED) is 0.833. The van der Waals surface area contributed by atoms with Gasteiger partial charge in [0.25, 0.3) is 10.0 Å². The van der Waals surface area contributed by atoms with E-state index in [0.717, 1.165) is 12.8 Å². The van der Waals surface area contributed by atoms with Gasteiger partial charge in [-0.15, -0.1) is 0 Å². The third-order valence-corrected chi connectivity index (χ3v) is 3.69. The smallest absolute Gasteiger partial charge is 0.250 e. The highest BCUT2D eigenvalue weighted by Crippen LogP contribution is 2.40. The molecule has 84 valence electrons. The van der Waals surface area contributed by atoms with Gasteiger partial charge in [-0.2, -0.15) is 5.10 Å². The fourth-order valence-electron chi connectivity index (χ4n) is 1.78. The van der Waals surface area contributed by atoms with E-state index in [-0.39, 0.29) is 11.1 Å². The third kappa shape index (κ3) is 2.05. The van der Waals surface area contributed by atoms with Crippen LogP contribution in [-0.2, 0) is 10.0 Å². The molecule has 0 radical (unpaired) electrons. The van der Waals surface area contributed by atoms with Crippen LogP contribution >= 0.6 is 0 Å². The molecule has 2 rings (SSSR count). The molecule has 1 heterocycles. The second kappa shape index (κ2) is 3.31. The number of hydrogen-bond acceptors (Lipinski definition) is 3. The van der Waals surface area contributed by atoms with Crippen LogP contribution in [0.2, 0.25) is 0 Å². The van der Waals surface area contributed by atoms with Crippen molar-refractivity contribution in [3.63, 3.8) is 0 Å². The lowest BCUT2D eigenvalue weighted by atomic mass is 10.2. The molecular formula is C9H15N3O2S. The lowest BCUT2D eigenvalue weighted by Gasteiger charge is -2.13. The van der Waals surface area contributed by atoms with Crippen molar-refractivity contribution in [2.24, 2.45) is 11.1 Å². The van der Waals surface area contributed by atoms with Crippen LogP contribution in [0.5, 0.6) is 0 Å². The number of rotatable bonds is 3. The first-order chi connectivity index (χ1) is 6.89. The molecule has 0 spiro atoms. The van der Waals surface area contributed by atoms with Gasteiger partial charge in [0.1, 0.15) is 0 Å². The van der Waals surface area contributed by atoms with E-state index in [0.29, 0.717) is 11.6 Å². The van der Waals surface area contributed by atoms with Crippen LogP contribution in [0, 0.1) is 12.8 Å². The number of aryl methyl sites for hydroxylation is 1. The molecule has 0 amide bonds. The fraction of sp³-hybridized carbons (Fsp3) is 0.667. The van der Waals surface area contributed by atoms with Crippen LogP contribution in [0.4, 0.5) is 0 Å². The molecule has 1 aliphatic rings. The zero-order valence-electron chi connectivity index (χ0n) is 8.84. The van der Waals surface area contributed by atoms with Gasteiger partial charge in [0.05, 0.1) is 11.7 Å². The summed E-state index contributed by atoms with van der Waals surface area (Å²) in [7, 11) is -3.66. The van der Waals surface area contributed by atoms with E-state index in [2.05, 4.69) is 5.10 Å². The van der Waals surface area contributed by atoms with Crippen LogP contribution in [0.15, 0.2) is 11.1 Å². The summed E-state index contributed by atoms with van der Waals surface area (Å²) in [6, 6.07) is 1.64. The average molecular weight is 229 g/mol. The third-order valence-electron chi connectivity index (χ3n) is 2.81. The zero-order chi connectivity index (χ0) is 11.2. The molecular weight excluding hydrogens is 214 g/mol. The Morgan fingerprint density at radius 2 is 2.20 bits per heavy atom. The second-order valence-electron chi connectivity index (χ2n) is 4.19. The van der Waals surface area contributed by atoms with Gasteiger partial charge in [0, 0.05) is 0 Å². The van der Waals surface area contributed by atoms with E-state index in [1.807, 2.05) is 6.92 Å². The normalized spacial score (nSPS) is 19.1. The highest BCUT2D eigenvalue weighted by Gasteiger charge is 2.32. The van der Waals surface area contributed by atoms with Gasteiger partial charge in [0.15, 0.2) is 5.03 Å². The minimum atomic E-state index is -3.66. The van der Waals surface area contributed by atoms with Gasteiger partial charge in [-0.25, -0.2) is 18.2 Å². The van der Waals surface area contributed by atoms with Crippen molar-refractivity contribution in [2.75, 3.05) is 0 Å². The summed E-state index contributed by atoms with van der Waals surface area (Å²) in [4.78, 5) is 0. The highest BCUT2D eigenvalue weighted by atomic mass is 32.2. The molecule has 1 unspecified atom stereocenters. The first-order valence-corrected chi connectivity index (χ1v) is 6.53. The maximum absolute atomic E-state index is 11.3. The van der Waals surface area contributed by atoms with E-state index < -0.39 is 10.0 Å². The van der Waals surface area contributed by atoms with Gasteiger partial charge in [0.2, 0.25) is 0 Å². The van der Waals surface area contributed by atoms with Crippen molar-refractivity contribution < 1.29 is 8.42 Å². The lowest BCUT2D eigenvalue weighted by Crippen LogP contribution is -2.20. The van der Waals surface area contributed by atoms with E-state index in [4.69, 9.17) is 5.14 Å². The van der Waals surface area contributed by atoms with Gasteiger partial charge in [-0.05, 0) is 38.7 Å². The van der Waals surface area contributed by atoms with Crippen LogP contribution in [-0.4, -0.2) is 18.2 Å². The predicted octanol–water partition coefficient (Wildman–Crippen LogP) is 0.810. The number of sulfonamides is 1. The maximum Gasteiger partial charge on any atom is 0.255 e. The molecule has 1 aromatic rings. The molecule has 2 N–H and O–H groups in total. The van der Waals surface area contributed by atoms with E-state index in [9.17, 15) is 8.42 Å². The molecule has 0 saturated heterocycles. The van der Waals surface area contributed by atoms with Crippen molar-refractivity contribution in [2.45, 2.75) is 37.8 Å². The van der Waals surface area contributed by atoms with Crippen molar-refractivity contribution >= 4 is 10.0 Å². The van der Waals surface area contributed by atoms with E-state index in [1.165, 1.54) is 6.07 Å². The van der Waals surface area contributed by atoms with Crippen molar-refractivity contribution in [1.29, 1.82) is 0 Å². The Bertz CT molecular complexity index is 474. The number of nitrogens with two attached hydrogens (primary N) is 1. The molecule has 1 fully saturated rings. The van der Waals surface area contributed by atoms with Gasteiger partial charge < -0.3 is 0 Å². The van der Waals surface area contributed by atoms with Gasteiger partial charge >= 0.3 is 0 Å². The second-order valence-corrected chi connectivity index (χ2v) is 5.70. The zero-order valence-corrected chi connectivity index (χ0v) is 9.66. The molecule has 1 aromatic heterocycles. The van der Waals surface area contributed by atoms with Crippen LogP contribution < -0.4 is 5.14 Å². The van der Waals surface area contributed by atoms with Crippen molar-refractivity contribution in [3.8, 4) is 0 Å². The lowest BCUT2D eigenvalue weighted by molar-refractivity contribution is 0.404. The summed E-state index contributed by atoms with van der Waals surface area (Å²) in [5, 5.41) is 9.46. The molecule has 1 aliphatic carbocycles. The molecule has 5 nitrogen and oxygen atoms in total. The first-order valence-electron chi connectivity index (χ1n) is 4.98. The standard InChI is InChI=1S/C9H15N3O2S/c1-6-5-9(15(10,13)14)12(11-6)7(2)8-3-4-8/h5,7-8H,3-4H2,1-2H3,(H2,10,13,14). The Balaban J connectivity index is 2.45. The van der Waals surface area contributed by atoms with Crippen molar-refractivity contribution in [1.82, 2.24) is 9.78 Å². The molecule has 0 aliphatic heterocycles. The van der Waals surface area contributed by atoms with Gasteiger partial charge in [-0.3, -0.25) is 0 Å². The van der Waals surface area contributed by atoms with Crippen molar-refractivity contribution in [3.05, 3.63) is 11.8 Å². The maximum atomic E-state index is 11.3. The monoisotopic (exact) mass is 229 g/mol. The number of primary sulfonamides is 1. The highest BCUT2D eigenvalue weighted by molar-refractivity contribution is 7.89.